The minimum Gasteiger partial charge on any atom is -0.477 e. The number of benzene rings is 1. The van der Waals surface area contributed by atoms with E-state index in [9.17, 15) is 9.00 Å². The van der Waals surface area contributed by atoms with E-state index in [0.29, 0.717) is 19.0 Å². The first-order valence-electron chi connectivity index (χ1n) is 10.8. The summed E-state index contributed by atoms with van der Waals surface area (Å²) < 4.78 is 24.5. The molecular weight excluding hydrogens is 416 g/mol. The van der Waals surface area contributed by atoms with E-state index in [1.54, 1.807) is 4.68 Å². The quantitative estimate of drug-likeness (QED) is 0.669. The molecule has 2 amide bonds. The normalized spacial score (nSPS) is 21.3. The fraction of sp³-hybridized carbons (Fsp3) is 0.524. The van der Waals surface area contributed by atoms with Crippen LogP contribution in [0.15, 0.2) is 21.5 Å². The van der Waals surface area contributed by atoms with Crippen LogP contribution in [0, 0.1) is 0 Å². The Bertz CT molecular complexity index is 1130. The van der Waals surface area contributed by atoms with Gasteiger partial charge in [0, 0.05) is 11.7 Å². The van der Waals surface area contributed by atoms with Crippen LogP contribution >= 0.6 is 0 Å². The maximum Gasteiger partial charge on any atom is 0.354 e. The van der Waals surface area contributed by atoms with Crippen molar-refractivity contribution in [2.24, 2.45) is 9.50 Å². The van der Waals surface area contributed by atoms with Gasteiger partial charge in [-0.3, -0.25) is 0 Å². The van der Waals surface area contributed by atoms with E-state index in [4.69, 9.17) is 9.88 Å². The number of rotatable bonds is 3. The number of anilines is 1. The van der Waals surface area contributed by atoms with E-state index < -0.39 is 15.9 Å². The molecule has 0 saturated heterocycles. The van der Waals surface area contributed by atoms with Crippen LogP contribution in [0.25, 0.3) is 0 Å². The van der Waals surface area contributed by atoms with Crippen LogP contribution in [0.2, 0.25) is 0 Å². The van der Waals surface area contributed by atoms with Gasteiger partial charge in [-0.2, -0.15) is 5.10 Å². The van der Waals surface area contributed by atoms with Gasteiger partial charge in [0.1, 0.15) is 4.90 Å². The molecule has 2 heterocycles. The molecule has 0 bridgehead atoms. The van der Waals surface area contributed by atoms with Crippen LogP contribution in [-0.2, 0) is 42.1 Å². The first-order chi connectivity index (χ1) is 15.0. The summed E-state index contributed by atoms with van der Waals surface area (Å²) >= 11 is 0. The number of likely N-dealkylation sites (N-methyl/N-ethyl adjacent to an activating group) is 1. The van der Waals surface area contributed by atoms with Crippen LogP contribution in [0.1, 0.15) is 41.5 Å². The molecule has 5 rings (SSSR count). The summed E-state index contributed by atoms with van der Waals surface area (Å²) in [6.45, 7) is 1.00. The molecule has 4 N–H and O–H groups in total. The summed E-state index contributed by atoms with van der Waals surface area (Å²) in [5, 5.41) is 16.5. The molecule has 0 spiro atoms. The number of carbonyl (C=O) groups is 1. The largest absolute Gasteiger partial charge is 0.477 e. The van der Waals surface area contributed by atoms with E-state index in [1.165, 1.54) is 28.5 Å². The summed E-state index contributed by atoms with van der Waals surface area (Å²) in [5.41, 5.74) is 5.84. The highest BCUT2D eigenvalue weighted by atomic mass is 32.2. The zero-order valence-electron chi connectivity index (χ0n) is 17.6. The molecule has 2 aromatic rings. The molecule has 1 aromatic heterocycles. The van der Waals surface area contributed by atoms with E-state index in [1.807, 2.05) is 7.05 Å². The van der Waals surface area contributed by atoms with Crippen molar-refractivity contribution in [3.63, 3.8) is 0 Å². The number of hydrogen-bond acceptors (Lipinski definition) is 5. The number of nitrogens with two attached hydrogens (primary N) is 1. The van der Waals surface area contributed by atoms with E-state index >= 15 is 0 Å². The van der Waals surface area contributed by atoms with Crippen molar-refractivity contribution in [1.82, 2.24) is 15.1 Å². The van der Waals surface area contributed by atoms with E-state index in [2.05, 4.69) is 26.2 Å². The fourth-order valence-corrected chi connectivity index (χ4v) is 5.94. The van der Waals surface area contributed by atoms with Crippen molar-refractivity contribution < 1.29 is 13.7 Å². The number of aryl methyl sites for hydroxylation is 2. The third-order valence-electron chi connectivity index (χ3n) is 6.50. The molecule has 0 unspecified atom stereocenters. The van der Waals surface area contributed by atoms with Crippen molar-refractivity contribution in [3.05, 3.63) is 34.5 Å². The Morgan fingerprint density at radius 3 is 2.65 bits per heavy atom. The summed E-state index contributed by atoms with van der Waals surface area (Å²) in [4.78, 5) is 13.0. The second-order valence-electron chi connectivity index (χ2n) is 8.44. The van der Waals surface area contributed by atoms with Gasteiger partial charge in [0.2, 0.25) is 5.88 Å². The molecule has 1 aliphatic heterocycles. The molecule has 3 aliphatic rings. The fourth-order valence-electron chi connectivity index (χ4n) is 4.94. The highest BCUT2D eigenvalue weighted by molar-refractivity contribution is 7.91. The molecule has 9 nitrogen and oxygen atoms in total. The Labute approximate surface area is 182 Å². The van der Waals surface area contributed by atoms with Crippen LogP contribution in [0.3, 0.4) is 0 Å². The zero-order valence-corrected chi connectivity index (χ0v) is 18.5. The number of ether oxygens (including phenoxy) is 1. The number of nitrogens with zero attached hydrogens (tertiary/aromatic N) is 3. The van der Waals surface area contributed by atoms with Gasteiger partial charge in [0.25, 0.3) is 0 Å². The lowest BCUT2D eigenvalue weighted by Gasteiger charge is -2.15. The number of fused-ring (bicyclic) bond motifs is 3. The lowest BCUT2D eigenvalue weighted by molar-refractivity contribution is 0.260. The lowest BCUT2D eigenvalue weighted by atomic mass is 9.99. The molecule has 1 aromatic carbocycles. The average molecular weight is 445 g/mol. The predicted molar refractivity (Wildman–Crippen MR) is 118 cm³/mol. The van der Waals surface area contributed by atoms with Crippen LogP contribution in [0.5, 0.6) is 5.88 Å². The Kier molecular flexibility index (Phi) is 5.23. The molecule has 0 fully saturated rings. The Morgan fingerprint density at radius 1 is 1.26 bits per heavy atom. The van der Waals surface area contributed by atoms with Crippen molar-refractivity contribution in [2.45, 2.75) is 62.4 Å². The number of aromatic nitrogens is 2. The molecule has 2 atom stereocenters. The Hall–Kier alpha value is -2.43. The SMILES string of the molecule is CN[C@@H]1CCOc2c([S@](N)(=O)=NC(=O)Nc3c4c(cc5c3CCC5)CCC4)cnn2C1. The van der Waals surface area contributed by atoms with Crippen molar-refractivity contribution in [2.75, 3.05) is 19.0 Å². The van der Waals surface area contributed by atoms with Crippen molar-refractivity contribution in [3.8, 4) is 5.88 Å². The second kappa shape index (κ2) is 7.92. The van der Waals surface area contributed by atoms with Crippen LogP contribution < -0.4 is 20.5 Å². The van der Waals surface area contributed by atoms with Gasteiger partial charge in [-0.15, -0.1) is 4.36 Å². The average Bonchev–Trinajstić information content (AvgIpc) is 3.44. The smallest absolute Gasteiger partial charge is 0.354 e. The summed E-state index contributed by atoms with van der Waals surface area (Å²) in [5.74, 6) is 0.322. The Balaban J connectivity index is 1.45. The summed E-state index contributed by atoms with van der Waals surface area (Å²) in [7, 11) is -1.63. The molecule has 2 aliphatic carbocycles. The third kappa shape index (κ3) is 3.72. The number of nitrogens with one attached hydrogen (secondary N) is 2. The first kappa shape index (κ1) is 20.5. The topological polar surface area (TPSA) is 124 Å². The minimum absolute atomic E-state index is 0.155. The molecule has 166 valence electrons. The monoisotopic (exact) mass is 444 g/mol. The summed E-state index contributed by atoms with van der Waals surface area (Å²) in [6.07, 6.45) is 8.28. The maximum atomic E-state index is 13.3. The highest BCUT2D eigenvalue weighted by Crippen LogP contribution is 2.38. The van der Waals surface area contributed by atoms with Gasteiger partial charge < -0.3 is 15.4 Å². The van der Waals surface area contributed by atoms with Crippen LogP contribution in [0.4, 0.5) is 10.5 Å². The number of urea groups is 1. The number of hydrogen-bond donors (Lipinski definition) is 3. The van der Waals surface area contributed by atoms with Gasteiger partial charge in [0.15, 0.2) is 9.92 Å². The van der Waals surface area contributed by atoms with Crippen molar-refractivity contribution in [1.29, 1.82) is 0 Å². The van der Waals surface area contributed by atoms with Gasteiger partial charge in [-0.1, -0.05) is 6.07 Å². The van der Waals surface area contributed by atoms with Crippen molar-refractivity contribution >= 4 is 21.6 Å². The zero-order chi connectivity index (χ0) is 21.6. The summed E-state index contributed by atoms with van der Waals surface area (Å²) in [6, 6.07) is 1.79. The third-order valence-corrected chi connectivity index (χ3v) is 7.85. The van der Waals surface area contributed by atoms with E-state index in [-0.39, 0.29) is 10.9 Å². The first-order valence-corrected chi connectivity index (χ1v) is 12.4. The molecule has 10 heteroatoms. The van der Waals surface area contributed by atoms with Gasteiger partial charge in [-0.25, -0.2) is 18.8 Å². The molecule has 0 radical (unpaired) electrons. The van der Waals surface area contributed by atoms with Crippen LogP contribution in [-0.4, -0.2) is 39.7 Å². The standard InChI is InChI=1S/C21H28N6O3S/c1-23-15-8-9-30-20-18(11-24-27(20)12-15)31(22,29)26-21(28)25-19-16-6-2-4-13(16)10-14-5-3-7-17(14)19/h10-11,15,23H,2-9,12H2,1H3,(H3,22,25,26,28,29)/t15-,31-/m1/s1. The molecule has 0 saturated carbocycles. The molecular formula is C21H28N6O3S. The Morgan fingerprint density at radius 2 is 1.97 bits per heavy atom. The van der Waals surface area contributed by atoms with E-state index in [0.717, 1.165) is 50.6 Å². The highest BCUT2D eigenvalue weighted by Gasteiger charge is 2.27. The van der Waals surface area contributed by atoms with Gasteiger partial charge >= 0.3 is 6.03 Å². The minimum atomic E-state index is -3.51. The number of carbonyl (C=O) groups excluding carboxylic acids is 1. The van der Waals surface area contributed by atoms with Gasteiger partial charge in [-0.05, 0) is 74.2 Å². The lowest BCUT2D eigenvalue weighted by Crippen LogP contribution is -2.29. The van der Waals surface area contributed by atoms with Gasteiger partial charge in [0.05, 0.1) is 19.3 Å². The second-order valence-corrected chi connectivity index (χ2v) is 10.2. The maximum absolute atomic E-state index is 13.3. The predicted octanol–water partition coefficient (Wildman–Crippen LogP) is 2.16. The molecule has 31 heavy (non-hydrogen) atoms. The number of amides is 2.